The van der Waals surface area contributed by atoms with Gasteiger partial charge in [-0.05, 0) is 45.7 Å². The number of rotatable bonds is 5. The van der Waals surface area contributed by atoms with Crippen molar-refractivity contribution in [2.45, 2.75) is 58.7 Å². The lowest BCUT2D eigenvalue weighted by molar-refractivity contribution is -0.145. The second kappa shape index (κ2) is 11.0. The molecule has 0 atom stereocenters. The smallest absolute Gasteiger partial charge is 0.320 e. The number of nitrogens with zero attached hydrogens (tertiary/aromatic N) is 1. The zero-order chi connectivity index (χ0) is 15.5. The number of hydrogen-bond acceptors (Lipinski definition) is 5. The van der Waals surface area contributed by atoms with Gasteiger partial charge in [0.1, 0.15) is 0 Å². The first-order valence-electron chi connectivity index (χ1n) is 8.52. The molecule has 2 saturated heterocycles. The lowest BCUT2D eigenvalue weighted by Gasteiger charge is -2.34. The maximum atomic E-state index is 11.4. The van der Waals surface area contributed by atoms with E-state index in [9.17, 15) is 4.79 Å². The van der Waals surface area contributed by atoms with Crippen LogP contribution in [-0.2, 0) is 14.3 Å². The van der Waals surface area contributed by atoms with Crippen molar-refractivity contribution in [1.29, 1.82) is 0 Å². The lowest BCUT2D eigenvalue weighted by Crippen LogP contribution is -2.42. The van der Waals surface area contributed by atoms with E-state index in [-0.39, 0.29) is 5.97 Å². The molecule has 0 spiro atoms. The van der Waals surface area contributed by atoms with Crippen LogP contribution in [0.5, 0.6) is 0 Å². The summed E-state index contributed by atoms with van der Waals surface area (Å²) < 4.78 is 11.1. The SMILES string of the molecule is CC.CCOC(=O)CN1CCC(OC2CCNCC2)CC1. The molecule has 2 heterocycles. The van der Waals surface area contributed by atoms with Crippen LogP contribution in [-0.4, -0.2) is 62.4 Å². The quantitative estimate of drug-likeness (QED) is 0.785. The van der Waals surface area contributed by atoms with Gasteiger partial charge in [-0.15, -0.1) is 0 Å². The van der Waals surface area contributed by atoms with Crippen molar-refractivity contribution in [2.24, 2.45) is 0 Å². The molecule has 21 heavy (non-hydrogen) atoms. The summed E-state index contributed by atoms with van der Waals surface area (Å²) in [5, 5.41) is 3.35. The third-order valence-electron chi connectivity index (χ3n) is 3.86. The van der Waals surface area contributed by atoms with E-state index in [0.29, 0.717) is 25.4 Å². The fourth-order valence-electron chi connectivity index (χ4n) is 2.80. The summed E-state index contributed by atoms with van der Waals surface area (Å²) in [6, 6.07) is 0. The summed E-state index contributed by atoms with van der Waals surface area (Å²) >= 11 is 0. The minimum atomic E-state index is -0.111. The van der Waals surface area contributed by atoms with E-state index in [1.807, 2.05) is 20.8 Å². The van der Waals surface area contributed by atoms with Crippen LogP contribution in [0.3, 0.4) is 0 Å². The molecule has 2 rings (SSSR count). The predicted octanol–water partition coefficient (Wildman–Crippen LogP) is 1.81. The fourth-order valence-corrected chi connectivity index (χ4v) is 2.80. The molecule has 0 bridgehead atoms. The average Bonchev–Trinajstić information content (AvgIpc) is 2.52. The molecule has 5 heteroatoms. The highest BCUT2D eigenvalue weighted by atomic mass is 16.5. The summed E-state index contributed by atoms with van der Waals surface area (Å²) in [5.74, 6) is -0.111. The molecule has 0 unspecified atom stereocenters. The standard InChI is InChI=1S/C14H26N2O3.C2H6/c1-2-18-14(17)11-16-9-5-13(6-10-16)19-12-3-7-15-8-4-12;1-2/h12-13,15H,2-11H2,1H3;1-2H3. The molecule has 2 aliphatic heterocycles. The third-order valence-corrected chi connectivity index (χ3v) is 3.86. The second-order valence-corrected chi connectivity index (χ2v) is 5.37. The molecular weight excluding hydrogens is 268 g/mol. The van der Waals surface area contributed by atoms with Gasteiger partial charge < -0.3 is 14.8 Å². The Balaban J connectivity index is 0.00000106. The van der Waals surface area contributed by atoms with Crippen molar-refractivity contribution in [3.63, 3.8) is 0 Å². The minimum absolute atomic E-state index is 0.111. The number of hydrogen-bond donors (Lipinski definition) is 1. The average molecular weight is 300 g/mol. The van der Waals surface area contributed by atoms with E-state index in [1.165, 1.54) is 0 Å². The first kappa shape index (κ1) is 18.4. The summed E-state index contributed by atoms with van der Waals surface area (Å²) in [6.45, 7) is 10.8. The van der Waals surface area contributed by atoms with Crippen LogP contribution in [0, 0.1) is 0 Å². The van der Waals surface area contributed by atoms with Gasteiger partial charge in [-0.25, -0.2) is 0 Å². The first-order chi connectivity index (χ1) is 10.3. The zero-order valence-corrected chi connectivity index (χ0v) is 13.9. The Morgan fingerprint density at radius 2 is 1.67 bits per heavy atom. The van der Waals surface area contributed by atoms with E-state index in [1.54, 1.807) is 0 Å². The highest BCUT2D eigenvalue weighted by molar-refractivity contribution is 5.71. The van der Waals surface area contributed by atoms with Gasteiger partial charge in [0.25, 0.3) is 0 Å². The van der Waals surface area contributed by atoms with Gasteiger partial charge in [0, 0.05) is 13.1 Å². The molecule has 5 nitrogen and oxygen atoms in total. The van der Waals surface area contributed by atoms with Gasteiger partial charge in [0.2, 0.25) is 0 Å². The summed E-state index contributed by atoms with van der Waals surface area (Å²) in [5.41, 5.74) is 0. The Kier molecular flexibility index (Phi) is 9.63. The van der Waals surface area contributed by atoms with Gasteiger partial charge in [-0.3, -0.25) is 9.69 Å². The van der Waals surface area contributed by atoms with Crippen LogP contribution in [0.15, 0.2) is 0 Å². The van der Waals surface area contributed by atoms with Crippen molar-refractivity contribution in [1.82, 2.24) is 10.2 Å². The van der Waals surface area contributed by atoms with Gasteiger partial charge >= 0.3 is 5.97 Å². The van der Waals surface area contributed by atoms with Crippen LogP contribution in [0.25, 0.3) is 0 Å². The fraction of sp³-hybridized carbons (Fsp3) is 0.938. The molecule has 0 aromatic rings. The van der Waals surface area contributed by atoms with Gasteiger partial charge in [-0.2, -0.15) is 0 Å². The molecule has 124 valence electrons. The van der Waals surface area contributed by atoms with E-state index in [4.69, 9.17) is 9.47 Å². The van der Waals surface area contributed by atoms with Gasteiger partial charge in [-0.1, -0.05) is 13.8 Å². The molecule has 0 aromatic heterocycles. The Morgan fingerprint density at radius 1 is 1.10 bits per heavy atom. The van der Waals surface area contributed by atoms with Crippen molar-refractivity contribution in [3.8, 4) is 0 Å². The topological polar surface area (TPSA) is 50.8 Å². The number of esters is 1. The summed E-state index contributed by atoms with van der Waals surface area (Å²) in [7, 11) is 0. The second-order valence-electron chi connectivity index (χ2n) is 5.37. The number of likely N-dealkylation sites (tertiary alicyclic amines) is 1. The number of piperidine rings is 2. The zero-order valence-electron chi connectivity index (χ0n) is 13.9. The van der Waals surface area contributed by atoms with Crippen molar-refractivity contribution >= 4 is 5.97 Å². The maximum absolute atomic E-state index is 11.4. The molecule has 2 aliphatic rings. The van der Waals surface area contributed by atoms with E-state index < -0.39 is 0 Å². The van der Waals surface area contributed by atoms with Crippen LogP contribution >= 0.6 is 0 Å². The van der Waals surface area contributed by atoms with E-state index in [0.717, 1.165) is 51.9 Å². The van der Waals surface area contributed by atoms with Gasteiger partial charge in [0.15, 0.2) is 0 Å². The number of ether oxygens (including phenoxy) is 2. The normalized spacial score (nSPS) is 21.5. The Hall–Kier alpha value is -0.650. The third kappa shape index (κ3) is 7.25. The Bertz CT molecular complexity index is 273. The highest BCUT2D eigenvalue weighted by Crippen LogP contribution is 2.18. The first-order valence-corrected chi connectivity index (χ1v) is 8.52. The van der Waals surface area contributed by atoms with Crippen LogP contribution in [0.4, 0.5) is 0 Å². The van der Waals surface area contributed by atoms with Crippen molar-refractivity contribution < 1.29 is 14.3 Å². The molecule has 0 radical (unpaired) electrons. The molecule has 0 aromatic carbocycles. The maximum Gasteiger partial charge on any atom is 0.320 e. The molecular formula is C16H32N2O3. The number of nitrogens with one attached hydrogen (secondary N) is 1. The Labute approximate surface area is 129 Å². The van der Waals surface area contributed by atoms with Gasteiger partial charge in [0.05, 0.1) is 25.4 Å². The molecule has 1 N–H and O–H groups in total. The molecule has 0 amide bonds. The summed E-state index contributed by atoms with van der Waals surface area (Å²) in [6.07, 6.45) is 5.13. The van der Waals surface area contributed by atoms with Crippen molar-refractivity contribution in [3.05, 3.63) is 0 Å². The van der Waals surface area contributed by atoms with E-state index in [2.05, 4.69) is 10.2 Å². The predicted molar refractivity (Wildman–Crippen MR) is 84.4 cm³/mol. The molecule has 0 aliphatic carbocycles. The monoisotopic (exact) mass is 300 g/mol. The van der Waals surface area contributed by atoms with Crippen LogP contribution in [0.1, 0.15) is 46.5 Å². The minimum Gasteiger partial charge on any atom is -0.465 e. The Morgan fingerprint density at radius 3 is 2.24 bits per heavy atom. The van der Waals surface area contributed by atoms with Crippen molar-refractivity contribution in [2.75, 3.05) is 39.3 Å². The molecule has 2 fully saturated rings. The molecule has 0 saturated carbocycles. The highest BCUT2D eigenvalue weighted by Gasteiger charge is 2.24. The number of carbonyl (C=O) groups excluding carboxylic acids is 1. The van der Waals surface area contributed by atoms with E-state index >= 15 is 0 Å². The van der Waals surface area contributed by atoms with Crippen LogP contribution in [0.2, 0.25) is 0 Å². The largest absolute Gasteiger partial charge is 0.465 e. The van der Waals surface area contributed by atoms with Crippen LogP contribution < -0.4 is 5.32 Å². The number of carbonyl (C=O) groups is 1. The summed E-state index contributed by atoms with van der Waals surface area (Å²) in [4.78, 5) is 13.6. The lowest BCUT2D eigenvalue weighted by atomic mass is 10.1.